The zero-order valence-corrected chi connectivity index (χ0v) is 11.6. The van der Waals surface area contributed by atoms with Crippen LogP contribution in [0, 0.1) is 5.82 Å². The molecule has 1 heterocycles. The van der Waals surface area contributed by atoms with Crippen molar-refractivity contribution in [3.63, 3.8) is 0 Å². The second kappa shape index (κ2) is 5.80. The molecule has 2 N–H and O–H groups in total. The number of nitrogens with zero attached hydrogens (tertiary/aromatic N) is 1. The monoisotopic (exact) mass is 314 g/mol. The van der Waals surface area contributed by atoms with Gasteiger partial charge >= 0.3 is 0 Å². The molecule has 1 aromatic rings. The third kappa shape index (κ3) is 2.72. The van der Waals surface area contributed by atoms with Crippen LogP contribution in [0.4, 0.5) is 4.39 Å². The average molecular weight is 315 g/mol. The first-order valence-electron chi connectivity index (χ1n) is 6.09. The molecule has 0 bridgehead atoms. The van der Waals surface area contributed by atoms with Gasteiger partial charge in [0.05, 0.1) is 4.47 Å². The van der Waals surface area contributed by atoms with Gasteiger partial charge in [-0.15, -0.1) is 0 Å². The fourth-order valence-electron chi connectivity index (χ4n) is 2.31. The second-order valence-corrected chi connectivity index (χ2v) is 5.37. The zero-order valence-electron chi connectivity index (χ0n) is 10.0. The molecule has 1 aliphatic heterocycles. The van der Waals surface area contributed by atoms with Crippen LogP contribution in [0.1, 0.15) is 29.6 Å². The van der Waals surface area contributed by atoms with Gasteiger partial charge in [-0.3, -0.25) is 4.79 Å². The van der Waals surface area contributed by atoms with E-state index in [1.54, 1.807) is 17.0 Å². The lowest BCUT2D eigenvalue weighted by Gasteiger charge is -2.35. The minimum Gasteiger partial charge on any atom is -0.334 e. The van der Waals surface area contributed by atoms with Gasteiger partial charge < -0.3 is 10.6 Å². The molecular formula is C13H16BrFN2O. The van der Waals surface area contributed by atoms with Crippen molar-refractivity contribution in [2.24, 2.45) is 5.73 Å². The first-order chi connectivity index (χ1) is 8.63. The quantitative estimate of drug-likeness (QED) is 0.912. The topological polar surface area (TPSA) is 46.3 Å². The minimum atomic E-state index is -0.415. The highest BCUT2D eigenvalue weighted by Gasteiger charge is 2.26. The maximum atomic E-state index is 13.4. The van der Waals surface area contributed by atoms with Crippen molar-refractivity contribution in [3.05, 3.63) is 34.1 Å². The predicted octanol–water partition coefficient (Wildman–Crippen LogP) is 2.54. The number of hydrogen-bond acceptors (Lipinski definition) is 2. The van der Waals surface area contributed by atoms with E-state index in [4.69, 9.17) is 5.73 Å². The number of halogens is 2. The summed E-state index contributed by atoms with van der Waals surface area (Å²) in [5, 5.41) is 0. The molecule has 3 nitrogen and oxygen atoms in total. The maximum Gasteiger partial charge on any atom is 0.254 e. The Labute approximate surface area is 114 Å². The molecule has 0 saturated carbocycles. The fourth-order valence-corrected chi connectivity index (χ4v) is 2.55. The molecule has 18 heavy (non-hydrogen) atoms. The largest absolute Gasteiger partial charge is 0.334 e. The third-order valence-electron chi connectivity index (χ3n) is 3.33. The summed E-state index contributed by atoms with van der Waals surface area (Å²) >= 11 is 3.08. The minimum absolute atomic E-state index is 0.0814. The smallest absolute Gasteiger partial charge is 0.254 e. The summed E-state index contributed by atoms with van der Waals surface area (Å²) in [5.74, 6) is -0.543. The van der Waals surface area contributed by atoms with Crippen LogP contribution in [0.25, 0.3) is 0 Å². The second-order valence-electron chi connectivity index (χ2n) is 4.51. The number of carbonyl (C=O) groups is 1. The van der Waals surface area contributed by atoms with E-state index < -0.39 is 5.82 Å². The summed E-state index contributed by atoms with van der Waals surface area (Å²) in [6.45, 7) is 1.17. The summed E-state index contributed by atoms with van der Waals surface area (Å²) in [7, 11) is 0. The van der Waals surface area contributed by atoms with Gasteiger partial charge in [0.15, 0.2) is 0 Å². The van der Waals surface area contributed by atoms with Gasteiger partial charge in [0.2, 0.25) is 0 Å². The van der Waals surface area contributed by atoms with Gasteiger partial charge in [0.25, 0.3) is 5.91 Å². The summed E-state index contributed by atoms with van der Waals surface area (Å²) in [4.78, 5) is 14.1. The highest BCUT2D eigenvalue weighted by molar-refractivity contribution is 9.10. The van der Waals surface area contributed by atoms with E-state index in [1.807, 2.05) is 0 Å². The van der Waals surface area contributed by atoms with Gasteiger partial charge in [-0.05, 0) is 53.4 Å². The van der Waals surface area contributed by atoms with Crippen molar-refractivity contribution in [2.45, 2.75) is 25.3 Å². The van der Waals surface area contributed by atoms with Gasteiger partial charge in [0.1, 0.15) is 5.82 Å². The van der Waals surface area contributed by atoms with E-state index in [0.29, 0.717) is 23.1 Å². The van der Waals surface area contributed by atoms with E-state index in [0.717, 1.165) is 19.3 Å². The number of rotatable bonds is 2. The Morgan fingerprint density at radius 3 is 2.94 bits per heavy atom. The van der Waals surface area contributed by atoms with Crippen LogP contribution in [0.15, 0.2) is 22.7 Å². The van der Waals surface area contributed by atoms with Gasteiger partial charge in [-0.2, -0.15) is 0 Å². The van der Waals surface area contributed by atoms with Crippen molar-refractivity contribution in [3.8, 4) is 0 Å². The first kappa shape index (κ1) is 13.5. The van der Waals surface area contributed by atoms with Crippen LogP contribution >= 0.6 is 15.9 Å². The number of piperidine rings is 1. The molecule has 5 heteroatoms. The molecule has 1 amide bonds. The summed E-state index contributed by atoms with van der Waals surface area (Å²) in [6, 6.07) is 4.55. The van der Waals surface area contributed by atoms with Gasteiger partial charge in [0, 0.05) is 24.7 Å². The van der Waals surface area contributed by atoms with Crippen LogP contribution in [-0.4, -0.2) is 29.9 Å². The Kier molecular flexibility index (Phi) is 4.35. The van der Waals surface area contributed by atoms with Gasteiger partial charge in [-0.25, -0.2) is 4.39 Å². The van der Waals surface area contributed by atoms with Crippen molar-refractivity contribution in [2.75, 3.05) is 13.1 Å². The highest BCUT2D eigenvalue weighted by atomic mass is 79.9. The van der Waals surface area contributed by atoms with E-state index in [-0.39, 0.29) is 11.9 Å². The van der Waals surface area contributed by atoms with Crippen molar-refractivity contribution < 1.29 is 9.18 Å². The number of amides is 1. The Hall–Kier alpha value is -0.940. The van der Waals surface area contributed by atoms with Crippen molar-refractivity contribution in [1.82, 2.24) is 4.90 Å². The number of carbonyl (C=O) groups excluding carboxylic acids is 1. The number of nitrogens with two attached hydrogens (primary N) is 1. The lowest BCUT2D eigenvalue weighted by molar-refractivity contribution is 0.0623. The van der Waals surface area contributed by atoms with E-state index in [2.05, 4.69) is 15.9 Å². The van der Waals surface area contributed by atoms with Crippen LogP contribution in [0.3, 0.4) is 0 Å². The Bertz CT molecular complexity index is 453. The summed E-state index contributed by atoms with van der Waals surface area (Å²) in [6.07, 6.45) is 3.02. The Morgan fingerprint density at radius 2 is 2.28 bits per heavy atom. The molecule has 0 spiro atoms. The fraction of sp³-hybridized carbons (Fsp3) is 0.462. The lowest BCUT2D eigenvalue weighted by Crippen LogP contribution is -2.47. The van der Waals surface area contributed by atoms with Crippen LogP contribution in [-0.2, 0) is 0 Å². The van der Waals surface area contributed by atoms with E-state index in [1.165, 1.54) is 6.07 Å². The zero-order chi connectivity index (χ0) is 13.1. The third-order valence-corrected chi connectivity index (χ3v) is 3.97. The molecule has 1 saturated heterocycles. The molecule has 0 radical (unpaired) electrons. The molecular weight excluding hydrogens is 299 g/mol. The maximum absolute atomic E-state index is 13.4. The summed E-state index contributed by atoms with van der Waals surface area (Å²) in [5.41, 5.74) is 6.07. The SMILES string of the molecule is NC[C@H]1CCCCN1C(=O)c1ccc(Br)c(F)c1. The molecule has 2 rings (SSSR count). The molecule has 0 aromatic heterocycles. The van der Waals surface area contributed by atoms with Gasteiger partial charge in [-0.1, -0.05) is 0 Å². The number of benzene rings is 1. The van der Waals surface area contributed by atoms with Crippen LogP contribution in [0.5, 0.6) is 0 Å². The molecule has 0 unspecified atom stereocenters. The predicted molar refractivity (Wildman–Crippen MR) is 71.8 cm³/mol. The molecule has 1 atom stereocenters. The molecule has 98 valence electrons. The van der Waals surface area contributed by atoms with Crippen LogP contribution < -0.4 is 5.73 Å². The van der Waals surface area contributed by atoms with Crippen molar-refractivity contribution >= 4 is 21.8 Å². The van der Waals surface area contributed by atoms with Crippen molar-refractivity contribution in [1.29, 1.82) is 0 Å². The molecule has 0 aliphatic carbocycles. The standard InChI is InChI=1S/C13H16BrFN2O/c14-11-5-4-9(7-12(11)15)13(18)17-6-2-1-3-10(17)8-16/h4-5,7,10H,1-3,6,8,16H2/t10-/m1/s1. The molecule has 1 aliphatic rings. The number of likely N-dealkylation sites (tertiary alicyclic amines) is 1. The normalized spacial score (nSPS) is 19.9. The lowest BCUT2D eigenvalue weighted by atomic mass is 10.0. The highest BCUT2D eigenvalue weighted by Crippen LogP contribution is 2.21. The molecule has 1 fully saturated rings. The van der Waals surface area contributed by atoms with E-state index >= 15 is 0 Å². The van der Waals surface area contributed by atoms with Crippen LogP contribution in [0.2, 0.25) is 0 Å². The Balaban J connectivity index is 2.21. The molecule has 1 aromatic carbocycles. The number of hydrogen-bond donors (Lipinski definition) is 1. The summed E-state index contributed by atoms with van der Waals surface area (Å²) < 4.78 is 13.8. The van der Waals surface area contributed by atoms with E-state index in [9.17, 15) is 9.18 Å². The average Bonchev–Trinajstić information content (AvgIpc) is 2.41. The first-order valence-corrected chi connectivity index (χ1v) is 6.89. The Morgan fingerprint density at radius 1 is 1.50 bits per heavy atom.